The van der Waals surface area contributed by atoms with E-state index in [1.165, 1.54) is 0 Å². The highest BCUT2D eigenvalue weighted by atomic mass is 16.6. The number of carbonyl (C=O) groups excluding carboxylic acids is 1. The molecule has 1 aromatic carbocycles. The topological polar surface area (TPSA) is 47.6 Å². The number of hydrogen-bond acceptors (Lipinski definition) is 4. The average molecular weight is 249 g/mol. The lowest BCUT2D eigenvalue weighted by Gasteiger charge is -2.28. The number of benzene rings is 1. The van der Waals surface area contributed by atoms with Crippen molar-refractivity contribution in [2.75, 3.05) is 13.1 Å². The van der Waals surface area contributed by atoms with E-state index in [0.717, 1.165) is 13.1 Å². The molecule has 1 N–H and O–H groups in total. The Balaban J connectivity index is 2.03. The van der Waals surface area contributed by atoms with Crippen LogP contribution >= 0.6 is 0 Å². The van der Waals surface area contributed by atoms with Gasteiger partial charge in [0, 0.05) is 13.1 Å². The van der Waals surface area contributed by atoms with Gasteiger partial charge in [0.05, 0.1) is 5.56 Å². The van der Waals surface area contributed by atoms with Crippen molar-refractivity contribution in [2.24, 2.45) is 0 Å². The summed E-state index contributed by atoms with van der Waals surface area (Å²) in [4.78, 5) is 11.9. The second-order valence-corrected chi connectivity index (χ2v) is 5.43. The van der Waals surface area contributed by atoms with Crippen molar-refractivity contribution in [3.8, 4) is 5.75 Å². The highest BCUT2D eigenvalue weighted by Crippen LogP contribution is 2.18. The van der Waals surface area contributed by atoms with Crippen molar-refractivity contribution < 1.29 is 14.3 Å². The van der Waals surface area contributed by atoms with Gasteiger partial charge < -0.3 is 14.8 Å². The van der Waals surface area contributed by atoms with Crippen LogP contribution in [0.15, 0.2) is 24.3 Å². The third-order valence-corrected chi connectivity index (χ3v) is 2.52. The second kappa shape index (κ2) is 4.98. The molecule has 0 aliphatic carbocycles. The molecular formula is C14H19NO3. The molecule has 1 saturated heterocycles. The average Bonchev–Trinajstić information content (AvgIpc) is 2.22. The van der Waals surface area contributed by atoms with Crippen molar-refractivity contribution in [1.82, 2.24) is 5.32 Å². The standard InChI is InChI=1S/C14H19NO3/c1-14(2,3)18-13(16)10-5-4-6-11(7-10)17-12-8-15-9-12/h4-7,12,15H,8-9H2,1-3H3. The maximum Gasteiger partial charge on any atom is 0.338 e. The fourth-order valence-electron chi connectivity index (χ4n) is 1.57. The summed E-state index contributed by atoms with van der Waals surface area (Å²) in [5, 5.41) is 3.13. The van der Waals surface area contributed by atoms with Gasteiger partial charge in [-0.25, -0.2) is 4.79 Å². The van der Waals surface area contributed by atoms with E-state index in [1.54, 1.807) is 18.2 Å². The number of ether oxygens (including phenoxy) is 2. The molecule has 1 heterocycles. The van der Waals surface area contributed by atoms with Gasteiger partial charge in [-0.1, -0.05) is 6.07 Å². The molecule has 4 heteroatoms. The van der Waals surface area contributed by atoms with Crippen LogP contribution in [-0.2, 0) is 4.74 Å². The summed E-state index contributed by atoms with van der Waals surface area (Å²) < 4.78 is 11.0. The maximum absolute atomic E-state index is 11.9. The van der Waals surface area contributed by atoms with Gasteiger partial charge >= 0.3 is 5.97 Å². The van der Waals surface area contributed by atoms with Crippen LogP contribution in [-0.4, -0.2) is 30.8 Å². The Morgan fingerprint density at radius 3 is 2.61 bits per heavy atom. The summed E-state index contributed by atoms with van der Waals surface area (Å²) >= 11 is 0. The number of rotatable bonds is 3. The zero-order valence-electron chi connectivity index (χ0n) is 11.0. The predicted octanol–water partition coefficient (Wildman–Crippen LogP) is 1.99. The lowest BCUT2D eigenvalue weighted by Crippen LogP contribution is -2.50. The largest absolute Gasteiger partial charge is 0.488 e. The molecule has 2 rings (SSSR count). The quantitative estimate of drug-likeness (QED) is 0.832. The van der Waals surface area contributed by atoms with Gasteiger partial charge in [0.25, 0.3) is 0 Å². The number of esters is 1. The highest BCUT2D eigenvalue weighted by Gasteiger charge is 2.20. The molecule has 1 aliphatic rings. The van der Waals surface area contributed by atoms with E-state index in [9.17, 15) is 4.79 Å². The Hall–Kier alpha value is -1.55. The summed E-state index contributed by atoms with van der Waals surface area (Å²) in [6.45, 7) is 7.27. The summed E-state index contributed by atoms with van der Waals surface area (Å²) in [6.07, 6.45) is 0.207. The van der Waals surface area contributed by atoms with E-state index < -0.39 is 5.60 Å². The van der Waals surface area contributed by atoms with Gasteiger partial charge in [-0.15, -0.1) is 0 Å². The van der Waals surface area contributed by atoms with Crippen molar-refractivity contribution in [3.05, 3.63) is 29.8 Å². The van der Waals surface area contributed by atoms with E-state index in [-0.39, 0.29) is 12.1 Å². The lowest BCUT2D eigenvalue weighted by molar-refractivity contribution is 0.00687. The van der Waals surface area contributed by atoms with Gasteiger partial charge in [-0.05, 0) is 39.0 Å². The summed E-state index contributed by atoms with van der Waals surface area (Å²) in [5.41, 5.74) is 0.0426. The minimum absolute atomic E-state index is 0.207. The molecule has 4 nitrogen and oxygen atoms in total. The van der Waals surface area contributed by atoms with Gasteiger partial charge in [-0.2, -0.15) is 0 Å². The molecule has 0 saturated carbocycles. The number of hydrogen-bond donors (Lipinski definition) is 1. The van der Waals surface area contributed by atoms with Gasteiger partial charge in [0.1, 0.15) is 17.5 Å². The van der Waals surface area contributed by atoms with Crippen molar-refractivity contribution in [3.63, 3.8) is 0 Å². The van der Waals surface area contributed by atoms with Crippen molar-refractivity contribution in [2.45, 2.75) is 32.5 Å². The molecule has 0 atom stereocenters. The van der Waals surface area contributed by atoms with Crippen LogP contribution in [0.1, 0.15) is 31.1 Å². The SMILES string of the molecule is CC(C)(C)OC(=O)c1cccc(OC2CNC2)c1. The third-order valence-electron chi connectivity index (χ3n) is 2.52. The zero-order chi connectivity index (χ0) is 13.2. The fraction of sp³-hybridized carbons (Fsp3) is 0.500. The van der Waals surface area contributed by atoms with E-state index in [4.69, 9.17) is 9.47 Å². The Bertz CT molecular complexity index is 433. The molecule has 0 amide bonds. The van der Waals surface area contributed by atoms with Crippen LogP contribution < -0.4 is 10.1 Å². The van der Waals surface area contributed by atoms with Gasteiger partial charge in [0.2, 0.25) is 0 Å². The Labute approximate surface area is 107 Å². The molecule has 1 fully saturated rings. The van der Waals surface area contributed by atoms with Gasteiger partial charge in [-0.3, -0.25) is 0 Å². The maximum atomic E-state index is 11.9. The smallest absolute Gasteiger partial charge is 0.338 e. The highest BCUT2D eigenvalue weighted by molar-refractivity contribution is 5.90. The summed E-state index contributed by atoms with van der Waals surface area (Å²) in [7, 11) is 0. The Morgan fingerprint density at radius 2 is 2.06 bits per heavy atom. The predicted molar refractivity (Wildman–Crippen MR) is 68.9 cm³/mol. The van der Waals surface area contributed by atoms with E-state index in [2.05, 4.69) is 5.32 Å². The monoisotopic (exact) mass is 249 g/mol. The van der Waals surface area contributed by atoms with E-state index in [0.29, 0.717) is 11.3 Å². The molecule has 18 heavy (non-hydrogen) atoms. The second-order valence-electron chi connectivity index (χ2n) is 5.43. The van der Waals surface area contributed by atoms with Crippen LogP contribution in [0.25, 0.3) is 0 Å². The molecular weight excluding hydrogens is 230 g/mol. The zero-order valence-corrected chi connectivity index (χ0v) is 11.0. The van der Waals surface area contributed by atoms with Crippen molar-refractivity contribution >= 4 is 5.97 Å². The number of nitrogens with one attached hydrogen (secondary N) is 1. The molecule has 1 aromatic rings. The Kier molecular flexibility index (Phi) is 3.57. The molecule has 0 radical (unpaired) electrons. The normalized spacial score (nSPS) is 15.9. The van der Waals surface area contributed by atoms with E-state index in [1.807, 2.05) is 26.8 Å². The first-order valence-electron chi connectivity index (χ1n) is 6.15. The molecule has 98 valence electrons. The first-order valence-corrected chi connectivity index (χ1v) is 6.15. The Morgan fingerprint density at radius 1 is 1.33 bits per heavy atom. The van der Waals surface area contributed by atoms with Crippen molar-refractivity contribution in [1.29, 1.82) is 0 Å². The first-order chi connectivity index (χ1) is 8.44. The molecule has 1 aliphatic heterocycles. The molecule has 0 spiro atoms. The minimum Gasteiger partial charge on any atom is -0.488 e. The van der Waals surface area contributed by atoms with Crippen LogP contribution in [0, 0.1) is 0 Å². The van der Waals surface area contributed by atoms with Crippen LogP contribution in [0.5, 0.6) is 5.75 Å². The minimum atomic E-state index is -0.480. The summed E-state index contributed by atoms with van der Waals surface area (Å²) in [6, 6.07) is 7.12. The molecule has 0 unspecified atom stereocenters. The molecule has 0 aromatic heterocycles. The van der Waals surface area contributed by atoms with Gasteiger partial charge in [0.15, 0.2) is 0 Å². The molecule has 0 bridgehead atoms. The fourth-order valence-corrected chi connectivity index (χ4v) is 1.57. The lowest BCUT2D eigenvalue weighted by atomic mass is 10.1. The first kappa shape index (κ1) is 12.9. The van der Waals surface area contributed by atoms with Crippen LogP contribution in [0.2, 0.25) is 0 Å². The third kappa shape index (κ3) is 3.47. The van der Waals surface area contributed by atoms with Crippen LogP contribution in [0.4, 0.5) is 0 Å². The van der Waals surface area contributed by atoms with E-state index >= 15 is 0 Å². The van der Waals surface area contributed by atoms with Crippen LogP contribution in [0.3, 0.4) is 0 Å². The summed E-state index contributed by atoms with van der Waals surface area (Å²) in [5.74, 6) is 0.393. The number of carbonyl (C=O) groups is 1.